The summed E-state index contributed by atoms with van der Waals surface area (Å²) in [5.41, 5.74) is 13.7. The molecule has 0 fully saturated rings. The maximum atomic E-state index is 4.64. The minimum atomic E-state index is 0. The van der Waals surface area contributed by atoms with Gasteiger partial charge in [0, 0.05) is 20.1 Å². The van der Waals surface area contributed by atoms with Gasteiger partial charge in [0.15, 0.2) is 0 Å². The summed E-state index contributed by atoms with van der Waals surface area (Å²) >= 11 is 0. The van der Waals surface area contributed by atoms with Crippen molar-refractivity contribution in [1.29, 1.82) is 0 Å². The Balaban J connectivity index is 0.00000343. The van der Waals surface area contributed by atoms with Crippen LogP contribution in [-0.2, 0) is 20.1 Å². The number of para-hydroxylation sites is 1. The fourth-order valence-electron chi connectivity index (χ4n) is 5.77. The van der Waals surface area contributed by atoms with Gasteiger partial charge in [-0.25, -0.2) is 0 Å². The van der Waals surface area contributed by atoms with Gasteiger partial charge in [-0.1, -0.05) is 97.1 Å². The summed E-state index contributed by atoms with van der Waals surface area (Å²) in [6.07, 6.45) is 1.62. The van der Waals surface area contributed by atoms with Gasteiger partial charge >= 0.3 is 0 Å². The molecular weight excluding hydrogens is 715 g/mol. The second-order valence-electron chi connectivity index (χ2n) is 10.8. The van der Waals surface area contributed by atoms with Gasteiger partial charge in [-0.3, -0.25) is 9.67 Å². The summed E-state index contributed by atoms with van der Waals surface area (Å²) in [5.74, 6) is 0.776. The van der Waals surface area contributed by atoms with Crippen LogP contribution in [0.2, 0.25) is 0 Å². The van der Waals surface area contributed by atoms with Gasteiger partial charge in [0.05, 0.1) is 11.5 Å². The molecule has 4 heteroatoms. The number of hydrogen-bond donors (Lipinski definition) is 0. The molecular formula is C40H30IrN3-. The van der Waals surface area contributed by atoms with E-state index in [0.717, 1.165) is 39.3 Å². The van der Waals surface area contributed by atoms with Crippen molar-refractivity contribution < 1.29 is 20.1 Å². The maximum Gasteiger partial charge on any atom is 0.127 e. The predicted octanol–water partition coefficient (Wildman–Crippen LogP) is 10.0. The van der Waals surface area contributed by atoms with E-state index in [2.05, 4.69) is 163 Å². The second-order valence-corrected chi connectivity index (χ2v) is 10.8. The number of aryl methyl sites for hydroxylation is 2. The molecule has 3 nitrogen and oxygen atoms in total. The van der Waals surface area contributed by atoms with Crippen LogP contribution in [0.5, 0.6) is 0 Å². The van der Waals surface area contributed by atoms with Crippen LogP contribution in [0.3, 0.4) is 0 Å². The first-order chi connectivity index (χ1) is 21.1. The minimum absolute atomic E-state index is 0. The van der Waals surface area contributed by atoms with E-state index in [4.69, 9.17) is 0 Å². The zero-order valence-corrected chi connectivity index (χ0v) is 26.9. The van der Waals surface area contributed by atoms with Crippen molar-refractivity contribution in [2.24, 2.45) is 0 Å². The van der Waals surface area contributed by atoms with Crippen molar-refractivity contribution in [3.05, 3.63) is 163 Å². The standard InChI is InChI=1S/C40H30N3.Ir/c1-28-12-9-13-29(2)39(28)43-40(41-27-42-43)35-21-11-19-33(23-35)32-18-10-20-34(22-32)38-25-36(30-14-5-3-6-15-30)24-37(26-38)31-16-7-4-8-17-31;/h3-20,22-27H,1-2H3;/q-1;. The van der Waals surface area contributed by atoms with Crippen LogP contribution < -0.4 is 0 Å². The zero-order valence-electron chi connectivity index (χ0n) is 24.5. The number of hydrogen-bond acceptors (Lipinski definition) is 2. The first-order valence-electron chi connectivity index (χ1n) is 14.5. The molecule has 1 heterocycles. The Morgan fingerprint density at radius 2 is 0.977 bits per heavy atom. The molecule has 0 amide bonds. The van der Waals surface area contributed by atoms with Gasteiger partial charge in [0.1, 0.15) is 6.33 Å². The fraction of sp³-hybridized carbons (Fsp3) is 0.0500. The average Bonchev–Trinajstić information content (AvgIpc) is 3.55. The van der Waals surface area contributed by atoms with Crippen molar-refractivity contribution in [2.45, 2.75) is 13.8 Å². The van der Waals surface area contributed by atoms with Crippen molar-refractivity contribution in [2.75, 3.05) is 0 Å². The van der Waals surface area contributed by atoms with Crippen LogP contribution in [0.15, 0.2) is 146 Å². The Morgan fingerprint density at radius 1 is 0.500 bits per heavy atom. The normalized spacial score (nSPS) is 10.8. The summed E-state index contributed by atoms with van der Waals surface area (Å²) in [6, 6.07) is 52.7. The van der Waals surface area contributed by atoms with Crippen LogP contribution in [0.25, 0.3) is 61.6 Å². The van der Waals surface area contributed by atoms with Gasteiger partial charge in [0.2, 0.25) is 0 Å². The van der Waals surface area contributed by atoms with E-state index in [1.165, 1.54) is 33.4 Å². The van der Waals surface area contributed by atoms with Crippen molar-refractivity contribution >= 4 is 0 Å². The Kier molecular flexibility index (Phi) is 8.47. The summed E-state index contributed by atoms with van der Waals surface area (Å²) in [6.45, 7) is 4.21. The molecule has 7 rings (SSSR count). The Bertz CT molecular complexity index is 1970. The van der Waals surface area contributed by atoms with E-state index in [9.17, 15) is 0 Å². The molecule has 44 heavy (non-hydrogen) atoms. The van der Waals surface area contributed by atoms with E-state index < -0.39 is 0 Å². The third-order valence-corrected chi connectivity index (χ3v) is 7.92. The van der Waals surface area contributed by atoms with Crippen LogP contribution in [0, 0.1) is 19.9 Å². The molecule has 0 bridgehead atoms. The van der Waals surface area contributed by atoms with Gasteiger partial charge in [-0.15, -0.1) is 35.4 Å². The van der Waals surface area contributed by atoms with Gasteiger partial charge in [0.25, 0.3) is 0 Å². The molecule has 215 valence electrons. The van der Waals surface area contributed by atoms with Crippen LogP contribution in [0.1, 0.15) is 11.1 Å². The molecule has 0 N–H and O–H groups in total. The zero-order chi connectivity index (χ0) is 29.2. The van der Waals surface area contributed by atoms with Crippen LogP contribution in [0.4, 0.5) is 0 Å². The summed E-state index contributed by atoms with van der Waals surface area (Å²) in [5, 5.41) is 4.59. The third kappa shape index (κ3) is 5.83. The van der Waals surface area contributed by atoms with E-state index in [0.29, 0.717) is 0 Å². The van der Waals surface area contributed by atoms with E-state index in [-0.39, 0.29) is 20.1 Å². The molecule has 1 radical (unpaired) electrons. The van der Waals surface area contributed by atoms with Crippen molar-refractivity contribution in [1.82, 2.24) is 14.8 Å². The Morgan fingerprint density at radius 3 is 1.59 bits per heavy atom. The molecule has 0 aliphatic rings. The molecule has 0 spiro atoms. The number of nitrogens with zero attached hydrogens (tertiary/aromatic N) is 3. The molecule has 6 aromatic carbocycles. The van der Waals surface area contributed by atoms with Gasteiger partial charge < -0.3 is 0 Å². The van der Waals surface area contributed by atoms with Gasteiger partial charge in [-0.2, -0.15) is 5.10 Å². The molecule has 0 saturated carbocycles. The third-order valence-electron chi connectivity index (χ3n) is 7.92. The van der Waals surface area contributed by atoms with Crippen LogP contribution >= 0.6 is 0 Å². The number of rotatable bonds is 6. The molecule has 0 atom stereocenters. The Labute approximate surface area is 272 Å². The largest absolute Gasteiger partial charge is 0.264 e. The quantitative estimate of drug-likeness (QED) is 0.159. The molecule has 0 unspecified atom stereocenters. The number of aromatic nitrogens is 3. The first kappa shape index (κ1) is 29.2. The first-order valence-corrected chi connectivity index (χ1v) is 14.5. The molecule has 1 aromatic heterocycles. The van der Waals surface area contributed by atoms with Crippen molar-refractivity contribution in [3.8, 4) is 61.6 Å². The minimum Gasteiger partial charge on any atom is -0.264 e. The Hall–Kier alpha value is -4.89. The summed E-state index contributed by atoms with van der Waals surface area (Å²) in [4.78, 5) is 4.64. The molecule has 0 saturated heterocycles. The topological polar surface area (TPSA) is 30.7 Å². The van der Waals surface area contributed by atoms with E-state index in [1.54, 1.807) is 6.33 Å². The maximum absolute atomic E-state index is 4.64. The smallest absolute Gasteiger partial charge is 0.127 e. The predicted molar refractivity (Wildman–Crippen MR) is 177 cm³/mol. The number of benzene rings is 6. The second kappa shape index (κ2) is 12.8. The molecule has 0 aliphatic carbocycles. The van der Waals surface area contributed by atoms with Crippen LogP contribution in [-0.4, -0.2) is 14.8 Å². The summed E-state index contributed by atoms with van der Waals surface area (Å²) in [7, 11) is 0. The summed E-state index contributed by atoms with van der Waals surface area (Å²) < 4.78 is 1.93. The van der Waals surface area contributed by atoms with Gasteiger partial charge in [-0.05, 0) is 88.2 Å². The monoisotopic (exact) mass is 745 g/mol. The van der Waals surface area contributed by atoms with Crippen molar-refractivity contribution in [3.63, 3.8) is 0 Å². The fourth-order valence-corrected chi connectivity index (χ4v) is 5.77. The molecule has 0 aliphatic heterocycles. The average molecular weight is 745 g/mol. The molecule has 7 aromatic rings. The van der Waals surface area contributed by atoms with E-state index in [1.807, 2.05) is 10.7 Å². The SMILES string of the molecule is Cc1cccc(C)c1-n1ncnc1-c1[c-]ccc(-c2cccc(-c3cc(-c4ccccc4)cc(-c4ccccc4)c3)c2)c1.[Ir]. The van der Waals surface area contributed by atoms with E-state index >= 15 is 0 Å².